The highest BCUT2D eigenvalue weighted by molar-refractivity contribution is 5.74. The van der Waals surface area contributed by atoms with Gasteiger partial charge in [0.25, 0.3) is 5.89 Å². The molecule has 3 rings (SSSR count). The van der Waals surface area contributed by atoms with Crippen LogP contribution in [0.15, 0.2) is 28.8 Å². The monoisotopic (exact) mass is 300 g/mol. The fourth-order valence-corrected chi connectivity index (χ4v) is 2.27. The van der Waals surface area contributed by atoms with E-state index in [-0.39, 0.29) is 6.03 Å². The molecule has 2 heterocycles. The molecule has 1 aliphatic rings. The zero-order valence-corrected chi connectivity index (χ0v) is 12.7. The first kappa shape index (κ1) is 14.6. The zero-order chi connectivity index (χ0) is 15.4. The van der Waals surface area contributed by atoms with Gasteiger partial charge >= 0.3 is 6.03 Å². The lowest BCUT2D eigenvalue weighted by Gasteiger charge is -2.30. The van der Waals surface area contributed by atoms with E-state index in [1.165, 1.54) is 5.56 Å². The fourth-order valence-electron chi connectivity index (χ4n) is 2.27. The van der Waals surface area contributed by atoms with Crippen molar-refractivity contribution < 1.29 is 9.32 Å². The van der Waals surface area contributed by atoms with E-state index in [4.69, 9.17) is 4.52 Å². The van der Waals surface area contributed by atoms with Crippen LogP contribution in [0, 0.1) is 0 Å². The summed E-state index contributed by atoms with van der Waals surface area (Å²) in [6.45, 7) is 4.40. The van der Waals surface area contributed by atoms with Crippen LogP contribution >= 0.6 is 0 Å². The maximum absolute atomic E-state index is 11.7. The Hall–Kier alpha value is -2.37. The largest absolute Gasteiger partial charge is 0.338 e. The van der Waals surface area contributed by atoms with Crippen molar-refractivity contribution in [3.63, 3.8) is 0 Å². The first-order chi connectivity index (χ1) is 10.8. The number of aromatic nitrogens is 2. The number of nitrogens with one attached hydrogen (secondary N) is 1. The smallest absolute Gasteiger partial charge is 0.317 e. The molecule has 2 amide bonds. The summed E-state index contributed by atoms with van der Waals surface area (Å²) in [7, 11) is 0. The maximum atomic E-state index is 11.7. The third-order valence-electron chi connectivity index (χ3n) is 3.82. The Balaban J connectivity index is 1.51. The summed E-state index contributed by atoms with van der Waals surface area (Å²) in [5.41, 5.74) is 2.09. The van der Waals surface area contributed by atoms with E-state index >= 15 is 0 Å². The standard InChI is InChI=1S/C16H20N4O2/c1-2-14-18-15(22-19-14)13-6-4-12(5-7-13)8-9-17-16(21)20-10-3-11-20/h4-7H,2-3,8-11H2,1H3,(H,17,21). The Kier molecular flexibility index (Phi) is 4.37. The van der Waals surface area contributed by atoms with Crippen LogP contribution in [0.1, 0.15) is 24.7 Å². The molecule has 0 atom stereocenters. The molecule has 22 heavy (non-hydrogen) atoms. The molecule has 0 unspecified atom stereocenters. The van der Waals surface area contributed by atoms with Gasteiger partial charge in [-0.05, 0) is 30.5 Å². The fraction of sp³-hybridized carbons (Fsp3) is 0.438. The average molecular weight is 300 g/mol. The van der Waals surface area contributed by atoms with E-state index in [0.717, 1.165) is 37.9 Å². The van der Waals surface area contributed by atoms with Crippen LogP contribution in [0.3, 0.4) is 0 Å². The van der Waals surface area contributed by atoms with Crippen LogP contribution in [-0.4, -0.2) is 40.7 Å². The number of rotatable bonds is 5. The molecule has 0 aliphatic carbocycles. The Morgan fingerprint density at radius 2 is 2.09 bits per heavy atom. The molecule has 1 aromatic carbocycles. The highest BCUT2D eigenvalue weighted by atomic mass is 16.5. The molecule has 1 fully saturated rings. The third-order valence-corrected chi connectivity index (χ3v) is 3.82. The second kappa shape index (κ2) is 6.60. The first-order valence-electron chi connectivity index (χ1n) is 7.71. The average Bonchev–Trinajstić information content (AvgIpc) is 2.95. The van der Waals surface area contributed by atoms with Crippen LogP contribution in [0.25, 0.3) is 11.5 Å². The number of carbonyl (C=O) groups excluding carboxylic acids is 1. The molecule has 0 saturated carbocycles. The molecule has 0 bridgehead atoms. The molecule has 0 spiro atoms. The minimum atomic E-state index is 0.0424. The topological polar surface area (TPSA) is 71.3 Å². The van der Waals surface area contributed by atoms with Crippen molar-refractivity contribution in [1.29, 1.82) is 0 Å². The van der Waals surface area contributed by atoms with Gasteiger partial charge in [0.15, 0.2) is 5.82 Å². The lowest BCUT2D eigenvalue weighted by atomic mass is 10.1. The number of amides is 2. The SMILES string of the molecule is CCc1noc(-c2ccc(CCNC(=O)N3CCC3)cc2)n1. The molecule has 1 N–H and O–H groups in total. The summed E-state index contributed by atoms with van der Waals surface area (Å²) in [6.07, 6.45) is 2.69. The van der Waals surface area contributed by atoms with Gasteiger partial charge in [0.1, 0.15) is 0 Å². The number of hydrogen-bond donors (Lipinski definition) is 1. The van der Waals surface area contributed by atoms with E-state index in [1.807, 2.05) is 36.1 Å². The molecule has 1 saturated heterocycles. The van der Waals surface area contributed by atoms with E-state index in [1.54, 1.807) is 0 Å². The molecular weight excluding hydrogens is 280 g/mol. The highest BCUT2D eigenvalue weighted by Crippen LogP contribution is 2.18. The second-order valence-electron chi connectivity index (χ2n) is 5.39. The molecule has 1 aliphatic heterocycles. The first-order valence-corrected chi connectivity index (χ1v) is 7.71. The minimum Gasteiger partial charge on any atom is -0.338 e. The molecule has 6 heteroatoms. The van der Waals surface area contributed by atoms with Crippen molar-refractivity contribution in [1.82, 2.24) is 20.4 Å². The quantitative estimate of drug-likeness (QED) is 0.919. The van der Waals surface area contributed by atoms with E-state index in [0.29, 0.717) is 18.3 Å². The van der Waals surface area contributed by atoms with Gasteiger partial charge in [-0.2, -0.15) is 4.98 Å². The molecule has 116 valence electrons. The van der Waals surface area contributed by atoms with Gasteiger partial charge in [-0.25, -0.2) is 4.79 Å². The number of nitrogens with zero attached hydrogens (tertiary/aromatic N) is 3. The second-order valence-corrected chi connectivity index (χ2v) is 5.39. The van der Waals surface area contributed by atoms with Gasteiger partial charge in [0, 0.05) is 31.6 Å². The van der Waals surface area contributed by atoms with Crippen LogP contribution < -0.4 is 5.32 Å². The van der Waals surface area contributed by atoms with Crippen molar-refractivity contribution in [2.45, 2.75) is 26.2 Å². The van der Waals surface area contributed by atoms with Crippen molar-refractivity contribution in [3.8, 4) is 11.5 Å². The highest BCUT2D eigenvalue weighted by Gasteiger charge is 2.19. The van der Waals surface area contributed by atoms with Gasteiger partial charge in [0.2, 0.25) is 0 Å². The molecule has 1 aromatic heterocycles. The van der Waals surface area contributed by atoms with Crippen LogP contribution in [0.4, 0.5) is 4.79 Å². The van der Waals surface area contributed by atoms with Gasteiger partial charge in [-0.15, -0.1) is 0 Å². The Bertz CT molecular complexity index is 632. The Morgan fingerprint density at radius 1 is 1.32 bits per heavy atom. The van der Waals surface area contributed by atoms with Crippen molar-refractivity contribution in [2.24, 2.45) is 0 Å². The summed E-state index contributed by atoms with van der Waals surface area (Å²) < 4.78 is 5.22. The lowest BCUT2D eigenvalue weighted by molar-refractivity contribution is 0.168. The predicted molar refractivity (Wildman–Crippen MR) is 82.4 cm³/mol. The van der Waals surface area contributed by atoms with E-state index in [2.05, 4.69) is 15.5 Å². The summed E-state index contributed by atoms with van der Waals surface area (Å²) in [4.78, 5) is 17.8. The predicted octanol–water partition coefficient (Wildman–Crippen LogP) is 2.26. The van der Waals surface area contributed by atoms with Crippen molar-refractivity contribution >= 4 is 6.03 Å². The van der Waals surface area contributed by atoms with E-state index in [9.17, 15) is 4.79 Å². The number of aryl methyl sites for hydroxylation is 1. The Morgan fingerprint density at radius 3 is 2.68 bits per heavy atom. The normalized spacial score (nSPS) is 13.8. The van der Waals surface area contributed by atoms with Crippen LogP contribution in [-0.2, 0) is 12.8 Å². The number of hydrogen-bond acceptors (Lipinski definition) is 4. The number of urea groups is 1. The lowest BCUT2D eigenvalue weighted by Crippen LogP contribution is -2.48. The summed E-state index contributed by atoms with van der Waals surface area (Å²) >= 11 is 0. The van der Waals surface area contributed by atoms with Gasteiger partial charge < -0.3 is 14.7 Å². The third kappa shape index (κ3) is 3.27. The van der Waals surface area contributed by atoms with Crippen LogP contribution in [0.2, 0.25) is 0 Å². The maximum Gasteiger partial charge on any atom is 0.317 e. The number of benzene rings is 1. The molecular formula is C16H20N4O2. The van der Waals surface area contributed by atoms with Crippen LogP contribution in [0.5, 0.6) is 0 Å². The minimum absolute atomic E-state index is 0.0424. The molecule has 6 nitrogen and oxygen atoms in total. The van der Waals surface area contributed by atoms with E-state index < -0.39 is 0 Å². The number of likely N-dealkylation sites (tertiary alicyclic amines) is 1. The van der Waals surface area contributed by atoms with Crippen molar-refractivity contribution in [3.05, 3.63) is 35.7 Å². The summed E-state index contributed by atoms with van der Waals surface area (Å²) in [5, 5.41) is 6.83. The Labute approximate surface area is 129 Å². The summed E-state index contributed by atoms with van der Waals surface area (Å²) in [6, 6.07) is 8.04. The summed E-state index contributed by atoms with van der Waals surface area (Å²) in [5.74, 6) is 1.27. The van der Waals surface area contributed by atoms with Gasteiger partial charge in [-0.1, -0.05) is 24.2 Å². The molecule has 0 radical (unpaired) electrons. The number of carbonyl (C=O) groups is 1. The zero-order valence-electron chi connectivity index (χ0n) is 12.7. The van der Waals surface area contributed by atoms with Gasteiger partial charge in [-0.3, -0.25) is 0 Å². The van der Waals surface area contributed by atoms with Crippen molar-refractivity contribution in [2.75, 3.05) is 19.6 Å². The van der Waals surface area contributed by atoms with Gasteiger partial charge in [0.05, 0.1) is 0 Å². The molecule has 2 aromatic rings.